The summed E-state index contributed by atoms with van der Waals surface area (Å²) in [6.45, 7) is 3.77. The summed E-state index contributed by atoms with van der Waals surface area (Å²) in [5.74, 6) is 0.900. The molecular formula is C9H11O+. The number of ether oxygens (including phenoxy) is 1. The Balaban J connectivity index is 2.80. The average Bonchev–Trinajstić information content (AvgIpc) is 2.05. The Labute approximate surface area is 61.6 Å². The molecule has 1 aromatic carbocycles. The minimum absolute atomic E-state index is 0.837. The zero-order valence-electron chi connectivity index (χ0n) is 6.13. The van der Waals surface area contributed by atoms with Gasteiger partial charge >= 0.3 is 0 Å². The second-order valence-electron chi connectivity index (χ2n) is 2.10. The molecular weight excluding hydrogens is 124 g/mol. The Kier molecular flexibility index (Phi) is 2.21. The van der Waals surface area contributed by atoms with Gasteiger partial charge in [0.25, 0.3) is 0 Å². The van der Waals surface area contributed by atoms with Crippen molar-refractivity contribution in [1.29, 1.82) is 0 Å². The zero-order chi connectivity index (χ0) is 7.40. The molecule has 0 aliphatic heterocycles. The van der Waals surface area contributed by atoms with Gasteiger partial charge in [-0.1, -0.05) is 12.1 Å². The van der Waals surface area contributed by atoms with Crippen molar-refractivity contribution < 1.29 is 4.74 Å². The summed E-state index contributed by atoms with van der Waals surface area (Å²) >= 11 is 0. The monoisotopic (exact) mass is 135 g/mol. The van der Waals surface area contributed by atoms with E-state index >= 15 is 0 Å². The van der Waals surface area contributed by atoms with Crippen LogP contribution in [0.5, 0.6) is 5.75 Å². The first-order chi connectivity index (χ1) is 4.86. The van der Waals surface area contributed by atoms with Crippen LogP contribution in [0.25, 0.3) is 0 Å². The van der Waals surface area contributed by atoms with E-state index in [1.165, 1.54) is 5.56 Å². The first kappa shape index (κ1) is 7.00. The molecule has 0 saturated heterocycles. The fourth-order valence-corrected chi connectivity index (χ4v) is 0.792. The highest BCUT2D eigenvalue weighted by molar-refractivity contribution is 5.27. The van der Waals surface area contributed by atoms with Gasteiger partial charge in [0.1, 0.15) is 12.2 Å². The number of benzene rings is 1. The molecule has 0 bridgehead atoms. The largest absolute Gasteiger partial charge is 0.497 e. The van der Waals surface area contributed by atoms with Crippen molar-refractivity contribution in [2.45, 2.75) is 6.42 Å². The van der Waals surface area contributed by atoms with Crippen molar-refractivity contribution in [3.05, 3.63) is 36.8 Å². The van der Waals surface area contributed by atoms with E-state index in [0.29, 0.717) is 0 Å². The predicted octanol–water partition coefficient (Wildman–Crippen LogP) is 2.07. The van der Waals surface area contributed by atoms with Crippen molar-refractivity contribution in [3.63, 3.8) is 0 Å². The lowest BCUT2D eigenvalue weighted by molar-refractivity contribution is 0.414. The normalized spacial score (nSPS) is 9.30. The van der Waals surface area contributed by atoms with Crippen LogP contribution in [0.2, 0.25) is 0 Å². The van der Waals surface area contributed by atoms with Crippen molar-refractivity contribution in [2.75, 3.05) is 7.11 Å². The molecule has 0 atom stereocenters. The number of methoxy groups -OCH3 is 1. The maximum Gasteiger partial charge on any atom is 0.118 e. The van der Waals surface area contributed by atoms with Crippen molar-refractivity contribution >= 4 is 0 Å². The van der Waals surface area contributed by atoms with E-state index < -0.39 is 0 Å². The molecule has 0 aromatic heterocycles. The first-order valence-electron chi connectivity index (χ1n) is 3.29. The van der Waals surface area contributed by atoms with Crippen LogP contribution in [0.4, 0.5) is 0 Å². The minimum Gasteiger partial charge on any atom is -0.497 e. The molecule has 0 heterocycles. The lowest BCUT2D eigenvalue weighted by atomic mass is 10.2. The molecule has 0 N–H and O–H groups in total. The maximum atomic E-state index is 4.99. The molecule has 52 valence electrons. The fraction of sp³-hybridized carbons (Fsp3) is 0.222. The number of hydrogen-bond donors (Lipinski definition) is 0. The second kappa shape index (κ2) is 3.16. The lowest BCUT2D eigenvalue weighted by Gasteiger charge is -1.97. The highest BCUT2D eigenvalue weighted by atomic mass is 16.5. The van der Waals surface area contributed by atoms with Gasteiger partial charge in [-0.25, -0.2) is 0 Å². The van der Waals surface area contributed by atoms with Crippen LogP contribution >= 0.6 is 0 Å². The molecule has 0 aliphatic rings. The van der Waals surface area contributed by atoms with Gasteiger partial charge in [-0.3, -0.25) is 0 Å². The Morgan fingerprint density at radius 3 is 2.30 bits per heavy atom. The molecule has 0 spiro atoms. The topological polar surface area (TPSA) is 9.23 Å². The third-order valence-electron chi connectivity index (χ3n) is 1.45. The highest BCUT2D eigenvalue weighted by Gasteiger charge is 1.92. The predicted molar refractivity (Wildman–Crippen MR) is 42.1 cm³/mol. The van der Waals surface area contributed by atoms with E-state index in [0.717, 1.165) is 12.2 Å². The molecule has 0 aliphatic carbocycles. The van der Waals surface area contributed by atoms with E-state index in [1.54, 1.807) is 7.11 Å². The molecule has 1 nitrogen and oxygen atoms in total. The Morgan fingerprint density at radius 2 is 1.90 bits per heavy atom. The SMILES string of the molecule is [CH2+]Cc1ccc(OC)cc1. The van der Waals surface area contributed by atoms with Crippen LogP contribution in [-0.2, 0) is 6.42 Å². The molecule has 1 aromatic rings. The van der Waals surface area contributed by atoms with E-state index in [-0.39, 0.29) is 0 Å². The molecule has 0 unspecified atom stereocenters. The van der Waals surface area contributed by atoms with Gasteiger partial charge < -0.3 is 4.74 Å². The lowest BCUT2D eigenvalue weighted by Crippen LogP contribution is -1.83. The van der Waals surface area contributed by atoms with Gasteiger partial charge in [0.15, 0.2) is 0 Å². The van der Waals surface area contributed by atoms with Crippen LogP contribution in [0, 0.1) is 6.92 Å². The fourth-order valence-electron chi connectivity index (χ4n) is 0.792. The third-order valence-corrected chi connectivity index (χ3v) is 1.45. The summed E-state index contributed by atoms with van der Waals surface area (Å²) in [6, 6.07) is 7.93. The number of hydrogen-bond acceptors (Lipinski definition) is 1. The van der Waals surface area contributed by atoms with E-state index in [2.05, 4.69) is 6.92 Å². The summed E-state index contributed by atoms with van der Waals surface area (Å²) in [5.41, 5.74) is 1.24. The van der Waals surface area contributed by atoms with Crippen molar-refractivity contribution in [3.8, 4) is 5.75 Å². The van der Waals surface area contributed by atoms with Gasteiger partial charge in [0.2, 0.25) is 0 Å². The summed E-state index contributed by atoms with van der Waals surface area (Å²) < 4.78 is 4.99. The van der Waals surface area contributed by atoms with Gasteiger partial charge in [-0.15, -0.1) is 0 Å². The maximum absolute atomic E-state index is 4.99. The zero-order valence-corrected chi connectivity index (χ0v) is 6.13. The van der Waals surface area contributed by atoms with Gasteiger partial charge in [0.05, 0.1) is 14.0 Å². The summed E-state index contributed by atoms with van der Waals surface area (Å²) in [7, 11) is 1.67. The Bertz CT molecular complexity index is 165. The van der Waals surface area contributed by atoms with Gasteiger partial charge in [-0.2, -0.15) is 0 Å². The second-order valence-corrected chi connectivity index (χ2v) is 2.10. The first-order valence-corrected chi connectivity index (χ1v) is 3.29. The third kappa shape index (κ3) is 1.44. The van der Waals surface area contributed by atoms with Crippen molar-refractivity contribution in [2.24, 2.45) is 0 Å². The van der Waals surface area contributed by atoms with Crippen LogP contribution in [0.15, 0.2) is 24.3 Å². The Hall–Kier alpha value is -1.11. The highest BCUT2D eigenvalue weighted by Crippen LogP contribution is 2.10. The molecule has 0 amide bonds. The van der Waals surface area contributed by atoms with Crippen LogP contribution in [-0.4, -0.2) is 7.11 Å². The summed E-state index contributed by atoms with van der Waals surface area (Å²) in [5, 5.41) is 0. The van der Waals surface area contributed by atoms with E-state index in [4.69, 9.17) is 4.74 Å². The van der Waals surface area contributed by atoms with E-state index in [9.17, 15) is 0 Å². The molecule has 1 heteroatoms. The number of rotatable bonds is 2. The van der Waals surface area contributed by atoms with E-state index in [1.807, 2.05) is 24.3 Å². The standard InChI is InChI=1S/C9H11O/c1-3-8-4-6-9(10-2)7-5-8/h4-7H,1,3H2,2H3/q+1. The van der Waals surface area contributed by atoms with Crippen LogP contribution < -0.4 is 4.74 Å². The summed E-state index contributed by atoms with van der Waals surface area (Å²) in [6.07, 6.45) is 0.837. The van der Waals surface area contributed by atoms with Crippen LogP contribution in [0.3, 0.4) is 0 Å². The molecule has 1 rings (SSSR count). The summed E-state index contributed by atoms with van der Waals surface area (Å²) in [4.78, 5) is 0. The van der Waals surface area contributed by atoms with Crippen molar-refractivity contribution in [1.82, 2.24) is 0 Å². The average molecular weight is 135 g/mol. The van der Waals surface area contributed by atoms with Gasteiger partial charge in [-0.05, 0) is 17.7 Å². The minimum atomic E-state index is 0.837. The molecule has 0 saturated carbocycles. The molecule has 10 heavy (non-hydrogen) atoms. The quantitative estimate of drug-likeness (QED) is 0.564. The van der Waals surface area contributed by atoms with Crippen LogP contribution in [0.1, 0.15) is 5.56 Å². The molecule has 0 fully saturated rings. The Morgan fingerprint density at radius 1 is 1.30 bits per heavy atom. The smallest absolute Gasteiger partial charge is 0.118 e. The molecule has 0 radical (unpaired) electrons. The van der Waals surface area contributed by atoms with Gasteiger partial charge in [0, 0.05) is 0 Å².